The van der Waals surface area contributed by atoms with Gasteiger partial charge >= 0.3 is 5.97 Å². The number of aliphatic carboxylic acids is 1. The van der Waals surface area contributed by atoms with E-state index < -0.39 is 11.4 Å². The molecule has 0 aromatic rings. The van der Waals surface area contributed by atoms with Gasteiger partial charge in [-0.3, -0.25) is 14.4 Å². The van der Waals surface area contributed by atoms with Crippen molar-refractivity contribution in [3.63, 3.8) is 0 Å². The van der Waals surface area contributed by atoms with Crippen LogP contribution in [-0.4, -0.2) is 22.6 Å². The zero-order valence-corrected chi connectivity index (χ0v) is 18.8. The van der Waals surface area contributed by atoms with Gasteiger partial charge in [-0.2, -0.15) is 0 Å². The number of carbonyl (C=O) groups is 3. The number of carbonyl (C=O) groups excluding carboxylic acids is 2. The van der Waals surface area contributed by atoms with E-state index in [-0.39, 0.29) is 51.5 Å². The maximum atomic E-state index is 13.7. The van der Waals surface area contributed by atoms with E-state index in [0.717, 1.165) is 37.7 Å². The zero-order chi connectivity index (χ0) is 21.6. The fourth-order valence-electron chi connectivity index (χ4n) is 8.36. The van der Waals surface area contributed by atoms with Crippen molar-refractivity contribution in [2.24, 2.45) is 45.3 Å². The molecule has 0 aromatic carbocycles. The molecule has 0 saturated heterocycles. The van der Waals surface area contributed by atoms with Gasteiger partial charge in [-0.25, -0.2) is 0 Å². The Bertz CT molecular complexity index is 823. The molecule has 0 aromatic heterocycles. The Kier molecular flexibility index (Phi) is 4.34. The Morgan fingerprint density at radius 1 is 1.03 bits per heavy atom. The van der Waals surface area contributed by atoms with E-state index in [1.54, 1.807) is 0 Å². The van der Waals surface area contributed by atoms with Gasteiger partial charge < -0.3 is 5.11 Å². The minimum atomic E-state index is -0.724. The van der Waals surface area contributed by atoms with Crippen LogP contribution in [0, 0.1) is 45.3 Å². The first kappa shape index (κ1) is 20.8. The third-order valence-corrected chi connectivity index (χ3v) is 10.4. The summed E-state index contributed by atoms with van der Waals surface area (Å²) in [6, 6.07) is 0. The summed E-state index contributed by atoms with van der Waals surface area (Å²) in [7, 11) is 0. The molecule has 1 N–H and O–H groups in total. The van der Waals surface area contributed by atoms with Crippen LogP contribution in [0.15, 0.2) is 11.6 Å². The molecule has 0 bridgehead atoms. The molecule has 29 heavy (non-hydrogen) atoms. The summed E-state index contributed by atoms with van der Waals surface area (Å²) in [6.07, 6.45) is 6.96. The number of carboxylic acids is 1. The fourth-order valence-corrected chi connectivity index (χ4v) is 8.36. The molecule has 4 rings (SSSR count). The van der Waals surface area contributed by atoms with E-state index in [0.29, 0.717) is 6.42 Å². The summed E-state index contributed by atoms with van der Waals surface area (Å²) in [4.78, 5) is 38.1. The van der Waals surface area contributed by atoms with E-state index in [9.17, 15) is 19.5 Å². The van der Waals surface area contributed by atoms with Crippen LogP contribution in [0.25, 0.3) is 0 Å². The second-order valence-corrected chi connectivity index (χ2v) is 11.7. The molecule has 4 nitrogen and oxygen atoms in total. The molecule has 0 amide bonds. The normalized spacial score (nSPS) is 47.0. The number of ketones is 2. The lowest BCUT2D eigenvalue weighted by Gasteiger charge is -2.64. The van der Waals surface area contributed by atoms with Crippen molar-refractivity contribution < 1.29 is 19.5 Å². The van der Waals surface area contributed by atoms with Gasteiger partial charge in [-0.15, -0.1) is 0 Å². The average molecular weight is 401 g/mol. The van der Waals surface area contributed by atoms with Gasteiger partial charge in [-0.1, -0.05) is 27.7 Å². The second-order valence-electron chi connectivity index (χ2n) is 11.7. The molecule has 4 heteroatoms. The molecule has 0 aliphatic heterocycles. The summed E-state index contributed by atoms with van der Waals surface area (Å²) in [5.74, 6) is -0.387. The van der Waals surface area contributed by atoms with Crippen LogP contribution in [0.2, 0.25) is 0 Å². The molecule has 0 spiro atoms. The molecule has 4 aliphatic carbocycles. The number of allylic oxidation sites excluding steroid dienone is 2. The standard InChI is InChI=1S/C25H36O4/c1-14(21(28)29)15-9-10-25(6)20-18(26)13-17-16(7-8-19(27)22(17,2)3)23(20,4)11-12-24(15,25)5/h13-16,20H,7-12H2,1-6H3,(H,28,29)/t14-,15+,16+,20+,23+,24-,25+/m1/s1. The SMILES string of the molecule is C[C@@H](C(=O)O)[C@@H]1CC[C@@]2(C)[C@H]3C(=O)C=C4[C@H](CCC(=O)C4(C)C)[C@]3(C)CC[C@]12C. The van der Waals surface area contributed by atoms with Gasteiger partial charge in [0.25, 0.3) is 0 Å². The van der Waals surface area contributed by atoms with Crippen molar-refractivity contribution in [3.8, 4) is 0 Å². The van der Waals surface area contributed by atoms with Crippen molar-refractivity contribution >= 4 is 17.5 Å². The van der Waals surface area contributed by atoms with Crippen LogP contribution in [0.1, 0.15) is 80.1 Å². The van der Waals surface area contributed by atoms with Crippen molar-refractivity contribution in [2.45, 2.75) is 80.1 Å². The first-order chi connectivity index (χ1) is 13.3. The minimum Gasteiger partial charge on any atom is -0.481 e. The van der Waals surface area contributed by atoms with Crippen LogP contribution in [0.4, 0.5) is 0 Å². The molecule has 0 radical (unpaired) electrons. The van der Waals surface area contributed by atoms with E-state index in [1.165, 1.54) is 0 Å². The third kappa shape index (κ3) is 2.41. The smallest absolute Gasteiger partial charge is 0.306 e. The monoisotopic (exact) mass is 400 g/mol. The zero-order valence-electron chi connectivity index (χ0n) is 18.8. The molecule has 7 atom stereocenters. The van der Waals surface area contributed by atoms with Gasteiger partial charge in [0.15, 0.2) is 5.78 Å². The first-order valence-corrected chi connectivity index (χ1v) is 11.3. The summed E-state index contributed by atoms with van der Waals surface area (Å²) < 4.78 is 0. The Morgan fingerprint density at radius 3 is 2.31 bits per heavy atom. The third-order valence-electron chi connectivity index (χ3n) is 10.4. The predicted octanol–water partition coefficient (Wildman–Crippen LogP) is 5.06. The number of hydrogen-bond donors (Lipinski definition) is 1. The van der Waals surface area contributed by atoms with Crippen molar-refractivity contribution in [1.82, 2.24) is 0 Å². The maximum absolute atomic E-state index is 13.7. The molecule has 0 unspecified atom stereocenters. The van der Waals surface area contributed by atoms with Crippen LogP contribution < -0.4 is 0 Å². The molecule has 160 valence electrons. The number of rotatable bonds is 2. The lowest BCUT2D eigenvalue weighted by molar-refractivity contribution is -0.166. The molecule has 0 heterocycles. The molecule has 3 fully saturated rings. The summed E-state index contributed by atoms with van der Waals surface area (Å²) in [6.45, 7) is 12.6. The van der Waals surface area contributed by atoms with E-state index in [4.69, 9.17) is 0 Å². The molecular weight excluding hydrogens is 364 g/mol. The van der Waals surface area contributed by atoms with Crippen molar-refractivity contribution in [1.29, 1.82) is 0 Å². The largest absolute Gasteiger partial charge is 0.481 e. The fraction of sp³-hybridized carbons (Fsp3) is 0.800. The predicted molar refractivity (Wildman–Crippen MR) is 111 cm³/mol. The Balaban J connectivity index is 1.82. The van der Waals surface area contributed by atoms with E-state index >= 15 is 0 Å². The summed E-state index contributed by atoms with van der Waals surface area (Å²) in [5, 5.41) is 9.69. The Labute approximate surface area is 174 Å². The van der Waals surface area contributed by atoms with Crippen molar-refractivity contribution in [3.05, 3.63) is 11.6 Å². The molecule has 3 saturated carbocycles. The van der Waals surface area contributed by atoms with Gasteiger partial charge in [0, 0.05) is 17.8 Å². The Hall–Kier alpha value is -1.45. The maximum Gasteiger partial charge on any atom is 0.306 e. The van der Waals surface area contributed by atoms with E-state index in [2.05, 4.69) is 20.8 Å². The first-order valence-electron chi connectivity index (χ1n) is 11.3. The van der Waals surface area contributed by atoms with E-state index in [1.807, 2.05) is 26.8 Å². The molecular formula is C25H36O4. The van der Waals surface area contributed by atoms with Gasteiger partial charge in [0.2, 0.25) is 0 Å². The van der Waals surface area contributed by atoms with Crippen LogP contribution in [-0.2, 0) is 14.4 Å². The topological polar surface area (TPSA) is 71.4 Å². The van der Waals surface area contributed by atoms with Crippen molar-refractivity contribution in [2.75, 3.05) is 0 Å². The van der Waals surface area contributed by atoms with Gasteiger partial charge in [-0.05, 0) is 85.7 Å². The number of hydrogen-bond acceptors (Lipinski definition) is 3. The Morgan fingerprint density at radius 2 is 1.69 bits per heavy atom. The van der Waals surface area contributed by atoms with Gasteiger partial charge in [0.1, 0.15) is 5.78 Å². The quantitative estimate of drug-likeness (QED) is 0.703. The highest BCUT2D eigenvalue weighted by atomic mass is 16.4. The lowest BCUT2D eigenvalue weighted by atomic mass is 9.39. The van der Waals surface area contributed by atoms with Gasteiger partial charge in [0.05, 0.1) is 5.92 Å². The highest BCUT2D eigenvalue weighted by molar-refractivity contribution is 5.98. The number of fused-ring (bicyclic) bond motifs is 5. The second kappa shape index (κ2) is 6.04. The minimum absolute atomic E-state index is 0.0857. The number of carboxylic acid groups (broad SMARTS) is 1. The van der Waals surface area contributed by atoms with Crippen LogP contribution in [0.3, 0.4) is 0 Å². The van der Waals surface area contributed by atoms with Crippen LogP contribution >= 0.6 is 0 Å². The summed E-state index contributed by atoms with van der Waals surface area (Å²) in [5.41, 5.74) is 0.0202. The molecule has 4 aliphatic rings. The highest BCUT2D eigenvalue weighted by Gasteiger charge is 2.69. The lowest BCUT2D eigenvalue weighted by Crippen LogP contribution is -2.61. The number of Topliss-reactive ketones (excluding diaryl/α,β-unsaturated/α-hetero) is 1. The van der Waals surface area contributed by atoms with Crippen LogP contribution in [0.5, 0.6) is 0 Å². The highest BCUT2D eigenvalue weighted by Crippen LogP contribution is 2.74. The summed E-state index contributed by atoms with van der Waals surface area (Å²) >= 11 is 0. The average Bonchev–Trinajstić information content (AvgIpc) is 2.89.